The van der Waals surface area contributed by atoms with E-state index in [-0.39, 0.29) is 11.7 Å². The highest BCUT2D eigenvalue weighted by atomic mass is 32.1. The molecule has 0 aliphatic rings. The minimum Gasteiger partial charge on any atom is -0.480 e. The van der Waals surface area contributed by atoms with Crippen LogP contribution in [-0.4, -0.2) is 64.6 Å². The molecule has 0 fully saturated rings. The topological polar surface area (TPSA) is 194 Å². The molecular formula is C18H33N5O6S. The van der Waals surface area contributed by atoms with Crippen LogP contribution in [0.2, 0.25) is 0 Å². The Morgan fingerprint density at radius 3 is 1.80 bits per heavy atom. The van der Waals surface area contributed by atoms with Crippen LogP contribution in [0.15, 0.2) is 0 Å². The van der Waals surface area contributed by atoms with E-state index in [0.717, 1.165) is 0 Å². The number of thiol groups is 1. The average Bonchev–Trinajstić information content (AvgIpc) is 2.61. The lowest BCUT2D eigenvalue weighted by Crippen LogP contribution is -2.58. The van der Waals surface area contributed by atoms with E-state index in [4.69, 9.17) is 11.5 Å². The van der Waals surface area contributed by atoms with Gasteiger partial charge in [0.1, 0.15) is 18.1 Å². The molecule has 4 unspecified atom stereocenters. The number of primary amides is 1. The zero-order valence-corrected chi connectivity index (χ0v) is 18.6. The van der Waals surface area contributed by atoms with E-state index >= 15 is 0 Å². The molecule has 30 heavy (non-hydrogen) atoms. The van der Waals surface area contributed by atoms with E-state index in [1.165, 1.54) is 0 Å². The summed E-state index contributed by atoms with van der Waals surface area (Å²) in [7, 11) is 0. The first-order valence-electron chi connectivity index (χ1n) is 9.58. The van der Waals surface area contributed by atoms with Crippen molar-refractivity contribution in [2.75, 3.05) is 5.75 Å². The van der Waals surface area contributed by atoms with E-state index in [2.05, 4.69) is 28.6 Å². The molecule has 0 heterocycles. The molecule has 0 saturated heterocycles. The molecular weight excluding hydrogens is 414 g/mol. The van der Waals surface area contributed by atoms with Gasteiger partial charge in [-0.2, -0.15) is 12.6 Å². The molecule has 0 spiro atoms. The Morgan fingerprint density at radius 1 is 0.900 bits per heavy atom. The summed E-state index contributed by atoms with van der Waals surface area (Å²) >= 11 is 4.01. The van der Waals surface area contributed by atoms with Gasteiger partial charge in [0.05, 0.1) is 12.5 Å². The van der Waals surface area contributed by atoms with Gasteiger partial charge in [-0.05, 0) is 18.3 Å². The number of hydrogen-bond acceptors (Lipinski definition) is 7. The molecule has 0 bridgehead atoms. The number of carboxylic acid groups (broad SMARTS) is 1. The monoisotopic (exact) mass is 447 g/mol. The smallest absolute Gasteiger partial charge is 0.326 e. The largest absolute Gasteiger partial charge is 0.480 e. The van der Waals surface area contributed by atoms with Gasteiger partial charge in [-0.25, -0.2) is 4.79 Å². The van der Waals surface area contributed by atoms with Crippen molar-refractivity contribution in [3.05, 3.63) is 0 Å². The van der Waals surface area contributed by atoms with E-state index in [1.807, 2.05) is 13.8 Å². The van der Waals surface area contributed by atoms with Crippen molar-refractivity contribution < 1.29 is 29.1 Å². The Morgan fingerprint density at radius 2 is 1.40 bits per heavy atom. The predicted octanol–water partition coefficient (Wildman–Crippen LogP) is -1.64. The number of hydrogen-bond donors (Lipinski definition) is 7. The zero-order chi connectivity index (χ0) is 23.6. The molecule has 4 amide bonds. The van der Waals surface area contributed by atoms with Gasteiger partial charge >= 0.3 is 5.97 Å². The summed E-state index contributed by atoms with van der Waals surface area (Å²) in [5.41, 5.74) is 11.0. The van der Waals surface area contributed by atoms with E-state index in [0.29, 0.717) is 6.42 Å². The highest BCUT2D eigenvalue weighted by molar-refractivity contribution is 7.80. The van der Waals surface area contributed by atoms with Crippen molar-refractivity contribution in [1.82, 2.24) is 16.0 Å². The van der Waals surface area contributed by atoms with Crippen molar-refractivity contribution in [1.29, 1.82) is 0 Å². The Bertz CT molecular complexity index is 643. The van der Waals surface area contributed by atoms with Gasteiger partial charge in [-0.15, -0.1) is 0 Å². The van der Waals surface area contributed by atoms with Crippen LogP contribution in [0.1, 0.15) is 40.5 Å². The number of carboxylic acids is 1. The first kappa shape index (κ1) is 27.7. The van der Waals surface area contributed by atoms with E-state index in [9.17, 15) is 29.1 Å². The van der Waals surface area contributed by atoms with Crippen molar-refractivity contribution in [3.8, 4) is 0 Å². The van der Waals surface area contributed by atoms with Crippen LogP contribution in [0, 0.1) is 11.8 Å². The van der Waals surface area contributed by atoms with Gasteiger partial charge in [-0.1, -0.05) is 27.7 Å². The van der Waals surface area contributed by atoms with E-state index < -0.39 is 66.1 Å². The van der Waals surface area contributed by atoms with Crippen LogP contribution in [0.4, 0.5) is 0 Å². The number of carbonyl (C=O) groups excluding carboxylic acids is 4. The predicted molar refractivity (Wildman–Crippen MR) is 113 cm³/mol. The molecule has 12 heteroatoms. The molecule has 0 aromatic carbocycles. The maximum atomic E-state index is 12.6. The third kappa shape index (κ3) is 9.92. The molecule has 0 radical (unpaired) electrons. The lowest BCUT2D eigenvalue weighted by molar-refractivity contribution is -0.143. The van der Waals surface area contributed by atoms with Gasteiger partial charge in [-0.3, -0.25) is 19.2 Å². The molecule has 0 aromatic heterocycles. The SMILES string of the molecule is CC(C)CC(N)C(=O)NC(CC(N)=O)C(=O)NC(CS)C(=O)NC(C(=O)O)C(C)C. The molecule has 0 aliphatic carbocycles. The van der Waals surface area contributed by atoms with Crippen molar-refractivity contribution in [2.24, 2.45) is 23.3 Å². The molecule has 11 nitrogen and oxygen atoms in total. The summed E-state index contributed by atoms with van der Waals surface area (Å²) in [6.07, 6.45) is -0.138. The van der Waals surface area contributed by atoms with Gasteiger partial charge in [0.2, 0.25) is 23.6 Å². The van der Waals surface area contributed by atoms with Crippen LogP contribution in [-0.2, 0) is 24.0 Å². The Kier molecular flexibility index (Phi) is 12.0. The fourth-order valence-electron chi connectivity index (χ4n) is 2.54. The van der Waals surface area contributed by atoms with Crippen LogP contribution in [0.3, 0.4) is 0 Å². The molecule has 0 saturated carbocycles. The molecule has 4 atom stereocenters. The zero-order valence-electron chi connectivity index (χ0n) is 17.7. The Labute approximate surface area is 181 Å². The molecule has 0 aliphatic heterocycles. The number of aliphatic carboxylic acids is 1. The second kappa shape index (κ2) is 13.1. The van der Waals surface area contributed by atoms with Crippen molar-refractivity contribution in [2.45, 2.75) is 64.7 Å². The second-order valence-electron chi connectivity index (χ2n) is 7.78. The number of nitrogens with two attached hydrogens (primary N) is 2. The summed E-state index contributed by atoms with van der Waals surface area (Å²) < 4.78 is 0. The average molecular weight is 448 g/mol. The first-order chi connectivity index (χ1) is 13.8. The van der Waals surface area contributed by atoms with Crippen LogP contribution in [0.25, 0.3) is 0 Å². The second-order valence-corrected chi connectivity index (χ2v) is 8.15. The highest BCUT2D eigenvalue weighted by Gasteiger charge is 2.31. The molecule has 172 valence electrons. The summed E-state index contributed by atoms with van der Waals surface area (Å²) in [6.45, 7) is 6.98. The molecule has 0 aromatic rings. The Hall–Kier alpha value is -2.34. The fourth-order valence-corrected chi connectivity index (χ4v) is 2.80. The van der Waals surface area contributed by atoms with Crippen molar-refractivity contribution >= 4 is 42.2 Å². The molecule has 0 rings (SSSR count). The van der Waals surface area contributed by atoms with Crippen molar-refractivity contribution in [3.63, 3.8) is 0 Å². The third-order valence-electron chi connectivity index (χ3n) is 4.15. The maximum Gasteiger partial charge on any atom is 0.326 e. The maximum absolute atomic E-state index is 12.6. The third-order valence-corrected chi connectivity index (χ3v) is 4.51. The standard InChI is InChI=1S/C18H33N5O6S/c1-8(2)5-10(19)15(25)21-11(6-13(20)24)16(26)22-12(7-30)17(27)23-14(9(3)4)18(28)29/h8-12,14,30H,5-7,19H2,1-4H3,(H2,20,24)(H,21,25)(H,22,26)(H,23,27)(H,28,29). The minimum absolute atomic E-state index is 0.134. The Balaban J connectivity index is 5.25. The highest BCUT2D eigenvalue weighted by Crippen LogP contribution is 2.05. The summed E-state index contributed by atoms with van der Waals surface area (Å²) in [6, 6.07) is -4.59. The quantitative estimate of drug-likeness (QED) is 0.164. The van der Waals surface area contributed by atoms with Gasteiger partial charge < -0.3 is 32.5 Å². The number of rotatable bonds is 13. The molecule has 8 N–H and O–H groups in total. The summed E-state index contributed by atoms with van der Waals surface area (Å²) in [4.78, 5) is 59.8. The summed E-state index contributed by atoms with van der Waals surface area (Å²) in [5.74, 6) is -4.72. The van der Waals surface area contributed by atoms with Crippen LogP contribution < -0.4 is 27.4 Å². The fraction of sp³-hybridized carbons (Fsp3) is 0.722. The lowest BCUT2D eigenvalue weighted by atomic mass is 10.0. The van der Waals surface area contributed by atoms with E-state index in [1.54, 1.807) is 13.8 Å². The number of carbonyl (C=O) groups is 5. The van der Waals surface area contributed by atoms with Crippen LogP contribution >= 0.6 is 12.6 Å². The first-order valence-corrected chi connectivity index (χ1v) is 10.2. The lowest BCUT2D eigenvalue weighted by Gasteiger charge is -2.25. The van der Waals surface area contributed by atoms with Gasteiger partial charge in [0.25, 0.3) is 0 Å². The van der Waals surface area contributed by atoms with Crippen LogP contribution in [0.5, 0.6) is 0 Å². The number of nitrogens with one attached hydrogen (secondary N) is 3. The van der Waals surface area contributed by atoms with Gasteiger partial charge in [0, 0.05) is 5.75 Å². The minimum atomic E-state index is -1.34. The number of amides is 4. The van der Waals surface area contributed by atoms with Gasteiger partial charge in [0.15, 0.2) is 0 Å². The summed E-state index contributed by atoms with van der Waals surface area (Å²) in [5, 5.41) is 16.3. The normalized spacial score (nSPS) is 15.1.